The molecule has 20 heavy (non-hydrogen) atoms. The van der Waals surface area contributed by atoms with Gasteiger partial charge >= 0.3 is 0 Å². The molecule has 1 aliphatic heterocycles. The number of hydrogen-bond donors (Lipinski definition) is 1. The molecule has 1 aliphatic rings. The Kier molecular flexibility index (Phi) is 5.95. The van der Waals surface area contributed by atoms with Crippen molar-refractivity contribution in [3.8, 4) is 0 Å². The third-order valence-electron chi connectivity index (χ3n) is 3.97. The van der Waals surface area contributed by atoms with Crippen LogP contribution in [-0.2, 0) is 4.74 Å². The number of halogens is 1. The fourth-order valence-electron chi connectivity index (χ4n) is 2.68. The van der Waals surface area contributed by atoms with Gasteiger partial charge in [-0.1, -0.05) is 19.1 Å². The predicted octanol–water partition coefficient (Wildman–Crippen LogP) is 2.72. The van der Waals surface area contributed by atoms with Gasteiger partial charge in [0.05, 0.1) is 6.10 Å². The molecule has 1 fully saturated rings. The number of likely N-dealkylation sites (N-methyl/N-ethyl adjacent to an activating group) is 1. The van der Waals surface area contributed by atoms with Gasteiger partial charge in [0.2, 0.25) is 0 Å². The van der Waals surface area contributed by atoms with Crippen molar-refractivity contribution in [2.75, 3.05) is 26.2 Å². The maximum Gasteiger partial charge on any atom is 0.123 e. The molecule has 0 bridgehead atoms. The predicted molar refractivity (Wildman–Crippen MR) is 79.0 cm³/mol. The molecule has 4 heteroatoms. The van der Waals surface area contributed by atoms with Gasteiger partial charge in [-0.05, 0) is 43.5 Å². The molecule has 112 valence electrons. The summed E-state index contributed by atoms with van der Waals surface area (Å²) in [6.45, 7) is 5.95. The van der Waals surface area contributed by atoms with Crippen LogP contribution in [-0.4, -0.2) is 37.2 Å². The molecule has 0 saturated carbocycles. The summed E-state index contributed by atoms with van der Waals surface area (Å²) in [5.41, 5.74) is 7.02. The van der Waals surface area contributed by atoms with Crippen LogP contribution in [0.3, 0.4) is 0 Å². The molecule has 1 heterocycles. The van der Waals surface area contributed by atoms with Crippen molar-refractivity contribution < 1.29 is 9.13 Å². The minimum atomic E-state index is -0.218. The molecule has 2 unspecified atom stereocenters. The summed E-state index contributed by atoms with van der Waals surface area (Å²) >= 11 is 0. The summed E-state index contributed by atoms with van der Waals surface area (Å²) in [6.07, 6.45) is 3.54. The van der Waals surface area contributed by atoms with Crippen molar-refractivity contribution in [3.05, 3.63) is 35.6 Å². The van der Waals surface area contributed by atoms with Crippen LogP contribution in [0.15, 0.2) is 24.3 Å². The maximum atomic E-state index is 13.2. The summed E-state index contributed by atoms with van der Waals surface area (Å²) in [6, 6.07) is 6.48. The normalized spacial score (nSPS) is 20.5. The summed E-state index contributed by atoms with van der Waals surface area (Å²) in [5, 5.41) is 0. The van der Waals surface area contributed by atoms with Crippen molar-refractivity contribution in [1.82, 2.24) is 4.90 Å². The fourth-order valence-corrected chi connectivity index (χ4v) is 2.68. The van der Waals surface area contributed by atoms with E-state index in [4.69, 9.17) is 10.5 Å². The highest BCUT2D eigenvalue weighted by Crippen LogP contribution is 2.17. The summed E-state index contributed by atoms with van der Waals surface area (Å²) in [4.78, 5) is 2.37. The second-order valence-corrected chi connectivity index (χ2v) is 5.48. The van der Waals surface area contributed by atoms with Gasteiger partial charge in [-0.2, -0.15) is 0 Å². The largest absolute Gasteiger partial charge is 0.377 e. The number of ether oxygens (including phenoxy) is 1. The molecule has 3 nitrogen and oxygen atoms in total. The standard InChI is InChI=1S/C16H25FN2O/c1-2-19(12-15-7-4-10-20-15)9-8-16(18)13-5-3-6-14(17)11-13/h3,5-6,11,15-16H,2,4,7-10,12,18H2,1H3. The Balaban J connectivity index is 1.79. The average molecular weight is 280 g/mol. The van der Waals surface area contributed by atoms with Crippen LogP contribution in [0.4, 0.5) is 4.39 Å². The Morgan fingerprint density at radius 2 is 2.35 bits per heavy atom. The Labute approximate surface area is 120 Å². The lowest BCUT2D eigenvalue weighted by atomic mass is 10.0. The average Bonchev–Trinajstić information content (AvgIpc) is 2.96. The van der Waals surface area contributed by atoms with Crippen LogP contribution < -0.4 is 5.73 Å². The maximum absolute atomic E-state index is 13.2. The summed E-state index contributed by atoms with van der Waals surface area (Å²) in [5.74, 6) is -0.218. The Morgan fingerprint density at radius 3 is 3.00 bits per heavy atom. The van der Waals surface area contributed by atoms with Crippen molar-refractivity contribution in [2.24, 2.45) is 5.73 Å². The molecule has 0 spiro atoms. The van der Waals surface area contributed by atoms with Crippen LogP contribution >= 0.6 is 0 Å². The van der Waals surface area contributed by atoms with E-state index in [0.29, 0.717) is 6.10 Å². The van der Waals surface area contributed by atoms with Crippen molar-refractivity contribution >= 4 is 0 Å². The third kappa shape index (κ3) is 4.54. The highest BCUT2D eigenvalue weighted by Gasteiger charge is 2.19. The number of benzene rings is 1. The minimum absolute atomic E-state index is 0.107. The first-order chi connectivity index (χ1) is 9.69. The van der Waals surface area contributed by atoms with Gasteiger partial charge < -0.3 is 15.4 Å². The van der Waals surface area contributed by atoms with Gasteiger partial charge in [-0.15, -0.1) is 0 Å². The third-order valence-corrected chi connectivity index (χ3v) is 3.97. The van der Waals surface area contributed by atoms with E-state index in [9.17, 15) is 4.39 Å². The van der Waals surface area contributed by atoms with Crippen LogP contribution in [0.5, 0.6) is 0 Å². The zero-order valence-corrected chi connectivity index (χ0v) is 12.2. The summed E-state index contributed by atoms with van der Waals surface area (Å²) < 4.78 is 18.9. The number of nitrogens with zero attached hydrogens (tertiary/aromatic N) is 1. The van der Waals surface area contributed by atoms with Crippen molar-refractivity contribution in [1.29, 1.82) is 0 Å². The van der Waals surface area contributed by atoms with Crippen LogP contribution in [0.25, 0.3) is 0 Å². The van der Waals surface area contributed by atoms with Gasteiger partial charge in [-0.3, -0.25) is 0 Å². The van der Waals surface area contributed by atoms with E-state index in [1.807, 2.05) is 6.07 Å². The number of nitrogens with two attached hydrogens (primary N) is 1. The molecule has 0 radical (unpaired) electrons. The van der Waals surface area contributed by atoms with Crippen LogP contribution in [0.2, 0.25) is 0 Å². The van der Waals surface area contributed by atoms with Crippen LogP contribution in [0, 0.1) is 5.82 Å². The Bertz CT molecular complexity index is 407. The molecule has 0 aliphatic carbocycles. The molecular formula is C16H25FN2O. The molecular weight excluding hydrogens is 255 g/mol. The van der Waals surface area contributed by atoms with E-state index in [1.54, 1.807) is 6.07 Å². The number of rotatable bonds is 7. The Morgan fingerprint density at radius 1 is 1.50 bits per heavy atom. The zero-order valence-electron chi connectivity index (χ0n) is 12.2. The van der Waals surface area contributed by atoms with E-state index in [-0.39, 0.29) is 11.9 Å². The SMILES string of the molecule is CCN(CCC(N)c1cccc(F)c1)CC1CCCO1. The van der Waals surface area contributed by atoms with E-state index in [1.165, 1.54) is 18.6 Å². The quantitative estimate of drug-likeness (QED) is 0.834. The molecule has 1 aromatic carbocycles. The molecule has 1 aromatic rings. The van der Waals surface area contributed by atoms with E-state index in [2.05, 4.69) is 11.8 Å². The monoisotopic (exact) mass is 280 g/mol. The molecule has 2 rings (SSSR count). The van der Waals surface area contributed by atoms with E-state index >= 15 is 0 Å². The molecule has 2 N–H and O–H groups in total. The topological polar surface area (TPSA) is 38.5 Å². The van der Waals surface area contributed by atoms with Crippen molar-refractivity contribution in [3.63, 3.8) is 0 Å². The molecule has 1 saturated heterocycles. The summed E-state index contributed by atoms with van der Waals surface area (Å²) in [7, 11) is 0. The Hall–Kier alpha value is -0.970. The lowest BCUT2D eigenvalue weighted by Crippen LogP contribution is -2.34. The fraction of sp³-hybridized carbons (Fsp3) is 0.625. The highest BCUT2D eigenvalue weighted by molar-refractivity contribution is 5.19. The van der Waals surface area contributed by atoms with E-state index in [0.717, 1.165) is 44.6 Å². The van der Waals surface area contributed by atoms with Gasteiger partial charge in [0.25, 0.3) is 0 Å². The first kappa shape index (κ1) is 15.4. The lowest BCUT2D eigenvalue weighted by Gasteiger charge is -2.25. The second-order valence-electron chi connectivity index (χ2n) is 5.48. The second kappa shape index (κ2) is 7.72. The van der Waals surface area contributed by atoms with Gasteiger partial charge in [0, 0.05) is 25.7 Å². The van der Waals surface area contributed by atoms with Crippen LogP contribution in [0.1, 0.15) is 37.8 Å². The van der Waals surface area contributed by atoms with Gasteiger partial charge in [0.1, 0.15) is 5.82 Å². The van der Waals surface area contributed by atoms with Gasteiger partial charge in [0.15, 0.2) is 0 Å². The smallest absolute Gasteiger partial charge is 0.123 e. The highest BCUT2D eigenvalue weighted by atomic mass is 19.1. The molecule has 2 atom stereocenters. The lowest BCUT2D eigenvalue weighted by molar-refractivity contribution is 0.0738. The first-order valence-corrected chi connectivity index (χ1v) is 7.54. The van der Waals surface area contributed by atoms with E-state index < -0.39 is 0 Å². The minimum Gasteiger partial charge on any atom is -0.377 e. The van der Waals surface area contributed by atoms with Gasteiger partial charge in [-0.25, -0.2) is 4.39 Å². The zero-order chi connectivity index (χ0) is 14.4. The molecule has 0 aromatic heterocycles. The molecule has 0 amide bonds. The van der Waals surface area contributed by atoms with Crippen molar-refractivity contribution in [2.45, 2.75) is 38.3 Å². The number of hydrogen-bond acceptors (Lipinski definition) is 3. The first-order valence-electron chi connectivity index (χ1n) is 7.54.